The maximum absolute atomic E-state index is 6.25. The van der Waals surface area contributed by atoms with Crippen LogP contribution in [-0.2, 0) is 6.42 Å². The molecule has 96 valence electrons. The van der Waals surface area contributed by atoms with Crippen LogP contribution in [0.2, 0.25) is 5.02 Å². The predicted octanol–water partition coefficient (Wildman–Crippen LogP) is 4.67. The van der Waals surface area contributed by atoms with E-state index < -0.39 is 0 Å². The minimum Gasteiger partial charge on any atom is -0.313 e. The summed E-state index contributed by atoms with van der Waals surface area (Å²) in [6.45, 7) is 7.76. The van der Waals surface area contributed by atoms with E-state index in [0.717, 1.165) is 28.9 Å². The first-order chi connectivity index (χ1) is 8.04. The molecule has 0 aliphatic carbocycles. The molecule has 0 aromatic heterocycles. The summed E-state index contributed by atoms with van der Waals surface area (Å²) in [7, 11) is 0. The van der Waals surface area contributed by atoms with E-state index in [9.17, 15) is 0 Å². The maximum atomic E-state index is 6.25. The van der Waals surface area contributed by atoms with E-state index >= 15 is 0 Å². The Bertz CT molecular complexity index is 352. The van der Waals surface area contributed by atoms with Crippen molar-refractivity contribution in [3.05, 3.63) is 33.3 Å². The molecular weight excluding hydrogens is 298 g/mol. The van der Waals surface area contributed by atoms with Crippen molar-refractivity contribution in [2.75, 3.05) is 6.54 Å². The Morgan fingerprint density at radius 2 is 2.06 bits per heavy atom. The summed E-state index contributed by atoms with van der Waals surface area (Å²) in [5.41, 5.74) is 1.22. The molecule has 1 atom stereocenters. The molecule has 1 unspecified atom stereocenters. The molecular formula is C14H21BrClN. The minimum atomic E-state index is 0.494. The van der Waals surface area contributed by atoms with Crippen molar-refractivity contribution in [2.45, 2.75) is 39.7 Å². The summed E-state index contributed by atoms with van der Waals surface area (Å²) in [4.78, 5) is 0. The summed E-state index contributed by atoms with van der Waals surface area (Å²) in [5.74, 6) is 0.612. The van der Waals surface area contributed by atoms with Crippen molar-refractivity contribution in [1.29, 1.82) is 0 Å². The molecule has 1 N–H and O–H groups in total. The highest BCUT2D eigenvalue weighted by Crippen LogP contribution is 2.23. The van der Waals surface area contributed by atoms with E-state index in [1.165, 1.54) is 5.56 Å². The van der Waals surface area contributed by atoms with Gasteiger partial charge in [-0.1, -0.05) is 54.4 Å². The summed E-state index contributed by atoms with van der Waals surface area (Å²) in [5, 5.41) is 4.44. The van der Waals surface area contributed by atoms with Crippen LogP contribution >= 0.6 is 27.5 Å². The molecule has 3 heteroatoms. The molecule has 0 fully saturated rings. The van der Waals surface area contributed by atoms with Gasteiger partial charge in [-0.25, -0.2) is 0 Å². The summed E-state index contributed by atoms with van der Waals surface area (Å²) < 4.78 is 1.04. The van der Waals surface area contributed by atoms with E-state index in [1.807, 2.05) is 6.07 Å². The molecule has 1 rings (SSSR count). The first-order valence-corrected chi connectivity index (χ1v) is 7.39. The third-order valence-electron chi connectivity index (χ3n) is 2.92. The zero-order valence-electron chi connectivity index (χ0n) is 10.8. The summed E-state index contributed by atoms with van der Waals surface area (Å²) >= 11 is 9.69. The number of nitrogens with one attached hydrogen (secondary N) is 1. The standard InChI is InChI=1S/C14H21BrClN/c1-4-7-17-14(10(2)3)8-11-5-6-12(15)9-13(11)16/h5-6,9-10,14,17H,4,7-8H2,1-3H3. The van der Waals surface area contributed by atoms with Gasteiger partial charge in [0, 0.05) is 15.5 Å². The number of benzene rings is 1. The zero-order chi connectivity index (χ0) is 12.8. The Hall–Kier alpha value is -0.0500. The van der Waals surface area contributed by atoms with E-state index in [0.29, 0.717) is 12.0 Å². The molecule has 0 aliphatic heterocycles. The van der Waals surface area contributed by atoms with Gasteiger partial charge in [0.25, 0.3) is 0 Å². The van der Waals surface area contributed by atoms with Crippen LogP contribution in [0, 0.1) is 5.92 Å². The van der Waals surface area contributed by atoms with Crippen molar-refractivity contribution in [2.24, 2.45) is 5.92 Å². The lowest BCUT2D eigenvalue weighted by molar-refractivity contribution is 0.397. The van der Waals surface area contributed by atoms with Crippen molar-refractivity contribution >= 4 is 27.5 Å². The molecule has 0 saturated carbocycles. The lowest BCUT2D eigenvalue weighted by Crippen LogP contribution is -2.36. The van der Waals surface area contributed by atoms with Crippen LogP contribution in [0.15, 0.2) is 22.7 Å². The first-order valence-electron chi connectivity index (χ1n) is 6.22. The Balaban J connectivity index is 2.71. The van der Waals surface area contributed by atoms with Gasteiger partial charge >= 0.3 is 0 Å². The van der Waals surface area contributed by atoms with Crippen molar-refractivity contribution in [1.82, 2.24) is 5.32 Å². The molecule has 0 aliphatic rings. The highest BCUT2D eigenvalue weighted by Gasteiger charge is 2.14. The normalized spacial score (nSPS) is 13.1. The highest BCUT2D eigenvalue weighted by atomic mass is 79.9. The zero-order valence-corrected chi connectivity index (χ0v) is 13.1. The average Bonchev–Trinajstić information content (AvgIpc) is 2.26. The molecule has 1 nitrogen and oxygen atoms in total. The maximum Gasteiger partial charge on any atom is 0.0449 e. The molecule has 1 aromatic rings. The van der Waals surface area contributed by atoms with Gasteiger partial charge in [-0.3, -0.25) is 0 Å². The minimum absolute atomic E-state index is 0.494. The van der Waals surface area contributed by atoms with Crippen LogP contribution < -0.4 is 5.32 Å². The lowest BCUT2D eigenvalue weighted by Gasteiger charge is -2.23. The summed E-state index contributed by atoms with van der Waals surface area (Å²) in [6, 6.07) is 6.62. The fourth-order valence-electron chi connectivity index (χ4n) is 1.80. The van der Waals surface area contributed by atoms with Crippen molar-refractivity contribution in [3.8, 4) is 0 Å². The third-order valence-corrected chi connectivity index (χ3v) is 3.76. The van der Waals surface area contributed by atoms with Gasteiger partial charge in [-0.05, 0) is 43.0 Å². The smallest absolute Gasteiger partial charge is 0.0449 e. The van der Waals surface area contributed by atoms with Gasteiger partial charge in [-0.15, -0.1) is 0 Å². The quantitative estimate of drug-likeness (QED) is 0.803. The molecule has 0 spiro atoms. The van der Waals surface area contributed by atoms with Gasteiger partial charge in [0.05, 0.1) is 0 Å². The van der Waals surface area contributed by atoms with Crippen LogP contribution in [0.3, 0.4) is 0 Å². The van der Waals surface area contributed by atoms with Crippen LogP contribution in [0.5, 0.6) is 0 Å². The van der Waals surface area contributed by atoms with Crippen LogP contribution in [-0.4, -0.2) is 12.6 Å². The topological polar surface area (TPSA) is 12.0 Å². The number of halogens is 2. The second kappa shape index (κ2) is 7.40. The van der Waals surface area contributed by atoms with Gasteiger partial charge in [0.1, 0.15) is 0 Å². The lowest BCUT2D eigenvalue weighted by atomic mass is 9.96. The summed E-state index contributed by atoms with van der Waals surface area (Å²) in [6.07, 6.45) is 2.15. The van der Waals surface area contributed by atoms with Crippen LogP contribution in [0.1, 0.15) is 32.8 Å². The molecule has 0 amide bonds. The van der Waals surface area contributed by atoms with E-state index in [4.69, 9.17) is 11.6 Å². The Labute approximate surface area is 118 Å². The third kappa shape index (κ3) is 4.99. The van der Waals surface area contributed by atoms with Crippen LogP contribution in [0.4, 0.5) is 0 Å². The number of hydrogen-bond acceptors (Lipinski definition) is 1. The molecule has 0 bridgehead atoms. The van der Waals surface area contributed by atoms with Gasteiger partial charge in [0.2, 0.25) is 0 Å². The molecule has 0 radical (unpaired) electrons. The SMILES string of the molecule is CCCNC(Cc1ccc(Br)cc1Cl)C(C)C. The van der Waals surface area contributed by atoms with Gasteiger partial charge in [0.15, 0.2) is 0 Å². The molecule has 17 heavy (non-hydrogen) atoms. The second-order valence-electron chi connectivity index (χ2n) is 4.74. The second-order valence-corrected chi connectivity index (χ2v) is 6.07. The fraction of sp³-hybridized carbons (Fsp3) is 0.571. The predicted molar refractivity (Wildman–Crippen MR) is 79.8 cm³/mol. The number of hydrogen-bond donors (Lipinski definition) is 1. The first kappa shape index (κ1) is 15.0. The van der Waals surface area contributed by atoms with Crippen LogP contribution in [0.25, 0.3) is 0 Å². The Morgan fingerprint density at radius 3 is 2.59 bits per heavy atom. The Morgan fingerprint density at radius 1 is 1.35 bits per heavy atom. The Kier molecular flexibility index (Phi) is 6.53. The van der Waals surface area contributed by atoms with E-state index in [2.05, 4.69) is 54.2 Å². The van der Waals surface area contributed by atoms with Gasteiger partial charge in [-0.2, -0.15) is 0 Å². The van der Waals surface area contributed by atoms with Gasteiger partial charge < -0.3 is 5.32 Å². The highest BCUT2D eigenvalue weighted by molar-refractivity contribution is 9.10. The van der Waals surface area contributed by atoms with E-state index in [-0.39, 0.29) is 0 Å². The molecule has 0 saturated heterocycles. The van der Waals surface area contributed by atoms with Crippen molar-refractivity contribution < 1.29 is 0 Å². The average molecular weight is 319 g/mol. The van der Waals surface area contributed by atoms with Crippen molar-refractivity contribution in [3.63, 3.8) is 0 Å². The van der Waals surface area contributed by atoms with E-state index in [1.54, 1.807) is 0 Å². The molecule has 1 aromatic carbocycles. The monoisotopic (exact) mass is 317 g/mol. The molecule has 0 heterocycles. The fourth-order valence-corrected chi connectivity index (χ4v) is 2.55. The largest absolute Gasteiger partial charge is 0.313 e. The number of rotatable bonds is 6.